The number of rotatable bonds is 3. The Morgan fingerprint density at radius 2 is 1.86 bits per heavy atom. The molecule has 1 aliphatic rings. The van der Waals surface area contributed by atoms with Crippen LogP contribution in [0, 0.1) is 5.82 Å². The molecule has 0 unspecified atom stereocenters. The molecule has 0 saturated carbocycles. The van der Waals surface area contributed by atoms with Crippen LogP contribution in [0.3, 0.4) is 0 Å². The van der Waals surface area contributed by atoms with Crippen LogP contribution in [0.4, 0.5) is 10.1 Å². The molecule has 0 aliphatic carbocycles. The van der Waals surface area contributed by atoms with E-state index >= 15 is 0 Å². The molecule has 5 heteroatoms. The van der Waals surface area contributed by atoms with E-state index in [1.165, 1.54) is 6.07 Å². The summed E-state index contributed by atoms with van der Waals surface area (Å²) in [5, 5.41) is 3.20. The van der Waals surface area contributed by atoms with Crippen molar-refractivity contribution in [3.63, 3.8) is 0 Å². The lowest BCUT2D eigenvalue weighted by Crippen LogP contribution is -2.02. The molecule has 0 radical (unpaired) electrons. The van der Waals surface area contributed by atoms with E-state index in [4.69, 9.17) is 9.47 Å². The highest BCUT2D eigenvalue weighted by molar-refractivity contribution is 9.10. The van der Waals surface area contributed by atoms with Gasteiger partial charge in [0.1, 0.15) is 5.82 Å². The minimum Gasteiger partial charge on any atom is -0.490 e. The lowest BCUT2D eigenvalue weighted by Gasteiger charge is -2.11. The fourth-order valence-electron chi connectivity index (χ4n) is 2.14. The van der Waals surface area contributed by atoms with Gasteiger partial charge in [0.2, 0.25) is 0 Å². The summed E-state index contributed by atoms with van der Waals surface area (Å²) in [6.45, 7) is 1.74. The Balaban J connectivity index is 1.72. The molecule has 0 amide bonds. The van der Waals surface area contributed by atoms with Crippen molar-refractivity contribution in [3.05, 3.63) is 52.3 Å². The number of hydrogen-bond donors (Lipinski definition) is 1. The van der Waals surface area contributed by atoms with Gasteiger partial charge in [-0.3, -0.25) is 0 Å². The first kappa shape index (κ1) is 14.2. The normalized spacial score (nSPS) is 13.6. The minimum atomic E-state index is -0.230. The molecule has 1 N–H and O–H groups in total. The number of hydrogen-bond acceptors (Lipinski definition) is 3. The molecule has 2 aromatic rings. The molecule has 110 valence electrons. The van der Waals surface area contributed by atoms with Crippen molar-refractivity contribution < 1.29 is 13.9 Å². The van der Waals surface area contributed by atoms with Crippen LogP contribution in [-0.2, 0) is 6.54 Å². The van der Waals surface area contributed by atoms with Crippen LogP contribution in [-0.4, -0.2) is 13.2 Å². The third kappa shape index (κ3) is 3.47. The molecule has 0 bridgehead atoms. The average Bonchev–Trinajstić information content (AvgIpc) is 2.71. The fourth-order valence-corrected chi connectivity index (χ4v) is 2.47. The van der Waals surface area contributed by atoms with E-state index in [9.17, 15) is 4.39 Å². The summed E-state index contributed by atoms with van der Waals surface area (Å²) in [6.07, 6.45) is 0.877. The number of halogens is 2. The molecule has 3 nitrogen and oxygen atoms in total. The fraction of sp³-hybridized carbons (Fsp3) is 0.250. The Labute approximate surface area is 131 Å². The smallest absolute Gasteiger partial charge is 0.163 e. The first-order valence-corrected chi connectivity index (χ1v) is 7.59. The lowest BCUT2D eigenvalue weighted by molar-refractivity contribution is 0.297. The zero-order valence-corrected chi connectivity index (χ0v) is 13.0. The predicted molar refractivity (Wildman–Crippen MR) is 83.5 cm³/mol. The molecule has 1 heterocycles. The van der Waals surface area contributed by atoms with Crippen LogP contribution >= 0.6 is 15.9 Å². The molecule has 1 aliphatic heterocycles. The van der Waals surface area contributed by atoms with Crippen molar-refractivity contribution >= 4 is 21.6 Å². The Kier molecular flexibility index (Phi) is 4.29. The van der Waals surface area contributed by atoms with E-state index in [2.05, 4.69) is 21.2 Å². The van der Waals surface area contributed by atoms with Gasteiger partial charge < -0.3 is 14.8 Å². The van der Waals surface area contributed by atoms with Gasteiger partial charge in [0.25, 0.3) is 0 Å². The van der Waals surface area contributed by atoms with E-state index in [1.807, 2.05) is 24.3 Å². The summed E-state index contributed by atoms with van der Waals surface area (Å²) in [6, 6.07) is 10.7. The van der Waals surface area contributed by atoms with E-state index in [-0.39, 0.29) is 5.82 Å². The maximum atomic E-state index is 13.8. The second kappa shape index (κ2) is 6.35. The minimum absolute atomic E-state index is 0.230. The van der Waals surface area contributed by atoms with Gasteiger partial charge >= 0.3 is 0 Å². The SMILES string of the molecule is Fc1cc(Br)ccc1CNc1ccc2c(c1)OCCCO2. The van der Waals surface area contributed by atoms with Gasteiger partial charge in [-0.2, -0.15) is 0 Å². The monoisotopic (exact) mass is 351 g/mol. The first-order valence-electron chi connectivity index (χ1n) is 6.80. The van der Waals surface area contributed by atoms with Gasteiger partial charge in [0, 0.05) is 34.8 Å². The third-order valence-corrected chi connectivity index (χ3v) is 3.74. The molecule has 3 rings (SSSR count). The highest BCUT2D eigenvalue weighted by atomic mass is 79.9. The lowest BCUT2D eigenvalue weighted by atomic mass is 10.2. The first-order chi connectivity index (χ1) is 10.2. The summed E-state index contributed by atoms with van der Waals surface area (Å²) in [5.41, 5.74) is 1.49. The summed E-state index contributed by atoms with van der Waals surface area (Å²) < 4.78 is 25.7. The molecule has 0 saturated heterocycles. The van der Waals surface area contributed by atoms with Crippen LogP contribution in [0.5, 0.6) is 11.5 Å². The van der Waals surface area contributed by atoms with Crippen LogP contribution in [0.1, 0.15) is 12.0 Å². The number of nitrogens with one attached hydrogen (secondary N) is 1. The summed E-state index contributed by atoms with van der Waals surface area (Å²) in [5.74, 6) is 1.26. The van der Waals surface area contributed by atoms with Crippen molar-refractivity contribution in [3.8, 4) is 11.5 Å². The van der Waals surface area contributed by atoms with Crippen LogP contribution in [0.25, 0.3) is 0 Å². The second-order valence-corrected chi connectivity index (χ2v) is 5.72. The molecule has 0 atom stereocenters. The summed E-state index contributed by atoms with van der Waals surface area (Å²) in [7, 11) is 0. The Morgan fingerprint density at radius 1 is 1.05 bits per heavy atom. The Bertz CT molecular complexity index is 648. The number of fused-ring (bicyclic) bond motifs is 1. The van der Waals surface area contributed by atoms with Crippen molar-refractivity contribution in [2.24, 2.45) is 0 Å². The van der Waals surface area contributed by atoms with E-state index in [0.29, 0.717) is 25.3 Å². The topological polar surface area (TPSA) is 30.5 Å². The van der Waals surface area contributed by atoms with Gasteiger partial charge in [-0.15, -0.1) is 0 Å². The van der Waals surface area contributed by atoms with Crippen molar-refractivity contribution in [2.75, 3.05) is 18.5 Å². The van der Waals surface area contributed by atoms with Gasteiger partial charge in [0.15, 0.2) is 11.5 Å². The Morgan fingerprint density at radius 3 is 2.67 bits per heavy atom. The molecule has 21 heavy (non-hydrogen) atoms. The maximum Gasteiger partial charge on any atom is 0.163 e. The van der Waals surface area contributed by atoms with Crippen molar-refractivity contribution in [1.29, 1.82) is 0 Å². The van der Waals surface area contributed by atoms with Gasteiger partial charge in [-0.25, -0.2) is 4.39 Å². The number of benzene rings is 2. The molecular formula is C16H15BrFNO2. The Hall–Kier alpha value is -1.75. The quantitative estimate of drug-likeness (QED) is 0.890. The molecule has 0 aromatic heterocycles. The highest BCUT2D eigenvalue weighted by Crippen LogP contribution is 2.32. The van der Waals surface area contributed by atoms with Crippen LogP contribution in [0.2, 0.25) is 0 Å². The van der Waals surface area contributed by atoms with Gasteiger partial charge in [-0.05, 0) is 24.3 Å². The molecule has 0 fully saturated rings. The molecular weight excluding hydrogens is 337 g/mol. The zero-order chi connectivity index (χ0) is 14.7. The number of anilines is 1. The van der Waals surface area contributed by atoms with Gasteiger partial charge in [0.05, 0.1) is 13.2 Å². The maximum absolute atomic E-state index is 13.8. The standard InChI is InChI=1S/C16H15BrFNO2/c17-12-3-2-11(14(18)8-12)10-19-13-4-5-15-16(9-13)21-7-1-6-20-15/h2-5,8-9,19H,1,6-7,10H2. The van der Waals surface area contributed by atoms with Crippen LogP contribution < -0.4 is 14.8 Å². The second-order valence-electron chi connectivity index (χ2n) is 4.80. The van der Waals surface area contributed by atoms with Gasteiger partial charge in [-0.1, -0.05) is 22.0 Å². The van der Waals surface area contributed by atoms with E-state index < -0.39 is 0 Å². The zero-order valence-electron chi connectivity index (χ0n) is 11.4. The predicted octanol–water partition coefficient (Wildman–Crippen LogP) is 4.36. The van der Waals surface area contributed by atoms with E-state index in [1.54, 1.807) is 6.07 Å². The summed E-state index contributed by atoms with van der Waals surface area (Å²) in [4.78, 5) is 0. The average molecular weight is 352 g/mol. The van der Waals surface area contributed by atoms with Crippen molar-refractivity contribution in [2.45, 2.75) is 13.0 Å². The highest BCUT2D eigenvalue weighted by Gasteiger charge is 2.11. The van der Waals surface area contributed by atoms with Crippen LogP contribution in [0.15, 0.2) is 40.9 Å². The largest absolute Gasteiger partial charge is 0.490 e. The third-order valence-electron chi connectivity index (χ3n) is 3.25. The number of ether oxygens (including phenoxy) is 2. The molecule has 0 spiro atoms. The van der Waals surface area contributed by atoms with E-state index in [0.717, 1.165) is 28.1 Å². The summed E-state index contributed by atoms with van der Waals surface area (Å²) >= 11 is 3.25. The van der Waals surface area contributed by atoms with Crippen molar-refractivity contribution in [1.82, 2.24) is 0 Å². The molecule has 2 aromatic carbocycles.